The molecule has 43 heavy (non-hydrogen) atoms. The van der Waals surface area contributed by atoms with Gasteiger partial charge in [-0.05, 0) is 88.7 Å². The number of carbonyl (C=O) groups is 3. The van der Waals surface area contributed by atoms with Crippen LogP contribution in [0.2, 0.25) is 0 Å². The number of benzene rings is 1. The van der Waals surface area contributed by atoms with Gasteiger partial charge in [0.1, 0.15) is 12.0 Å². The number of nitrogens with zero attached hydrogens (tertiary/aromatic N) is 3. The maximum atomic E-state index is 12.9. The van der Waals surface area contributed by atoms with Gasteiger partial charge in [-0.1, -0.05) is 37.7 Å². The highest BCUT2D eigenvalue weighted by molar-refractivity contribution is 6.32. The van der Waals surface area contributed by atoms with Crippen LogP contribution < -0.4 is 9.64 Å². The van der Waals surface area contributed by atoms with Gasteiger partial charge in [0.2, 0.25) is 5.91 Å². The number of unbranched alkanes of at least 4 members (excludes halogenated alkanes) is 1. The van der Waals surface area contributed by atoms with E-state index < -0.39 is 11.4 Å². The van der Waals surface area contributed by atoms with Gasteiger partial charge in [-0.15, -0.1) is 0 Å². The Morgan fingerprint density at radius 3 is 2.65 bits per heavy atom. The predicted octanol–water partition coefficient (Wildman–Crippen LogP) is 6.24. The SMILES string of the molecule is C=C/C(=C(/Cl)C(=C)C)N1CCCN(CCCCOc2ccc3c(c2)N(COC(=O)C(C)(CC)CCC=O)C(=O)CC3)CC1. The van der Waals surface area contributed by atoms with Crippen molar-refractivity contribution in [1.29, 1.82) is 0 Å². The number of fused-ring (bicyclic) bond motifs is 1. The van der Waals surface area contributed by atoms with Crippen LogP contribution in [0.15, 0.2) is 53.7 Å². The van der Waals surface area contributed by atoms with Crippen LogP contribution in [-0.4, -0.2) is 74.0 Å². The number of aryl methyl sites for hydroxylation is 1. The fraction of sp³-hybridized carbons (Fsp3) is 0.559. The molecule has 8 nitrogen and oxygen atoms in total. The number of ether oxygens (including phenoxy) is 2. The molecule has 0 N–H and O–H groups in total. The minimum absolute atomic E-state index is 0.0860. The molecule has 2 heterocycles. The average Bonchev–Trinajstić information content (AvgIpc) is 3.24. The lowest BCUT2D eigenvalue weighted by molar-refractivity contribution is -0.156. The first-order valence-electron chi connectivity index (χ1n) is 15.5. The zero-order valence-corrected chi connectivity index (χ0v) is 26.9. The van der Waals surface area contributed by atoms with Crippen molar-refractivity contribution in [3.8, 4) is 5.75 Å². The summed E-state index contributed by atoms with van der Waals surface area (Å²) in [4.78, 5) is 42.8. The topological polar surface area (TPSA) is 79.4 Å². The molecule has 3 rings (SSSR count). The van der Waals surface area contributed by atoms with Crippen molar-refractivity contribution in [1.82, 2.24) is 9.80 Å². The Kier molecular flexibility index (Phi) is 13.3. The molecular weight excluding hydrogens is 566 g/mol. The first kappa shape index (κ1) is 34.4. The van der Waals surface area contributed by atoms with Gasteiger partial charge in [-0.25, -0.2) is 0 Å². The Bertz CT molecular complexity index is 1200. The first-order chi connectivity index (χ1) is 20.6. The molecule has 1 unspecified atom stereocenters. The normalized spacial score (nSPS) is 17.7. The molecule has 236 valence electrons. The number of amides is 1. The lowest BCUT2D eigenvalue weighted by Gasteiger charge is -2.31. The van der Waals surface area contributed by atoms with Crippen molar-refractivity contribution in [2.24, 2.45) is 5.41 Å². The molecule has 1 aromatic rings. The molecule has 0 aromatic heterocycles. The van der Waals surface area contributed by atoms with Crippen LogP contribution in [-0.2, 0) is 25.5 Å². The van der Waals surface area contributed by atoms with Crippen molar-refractivity contribution in [2.75, 3.05) is 51.0 Å². The summed E-state index contributed by atoms with van der Waals surface area (Å²) in [5.41, 5.74) is 2.80. The molecule has 0 saturated carbocycles. The highest BCUT2D eigenvalue weighted by atomic mass is 35.5. The second-order valence-electron chi connectivity index (χ2n) is 11.7. The predicted molar refractivity (Wildman–Crippen MR) is 172 cm³/mol. The van der Waals surface area contributed by atoms with Gasteiger partial charge in [0, 0.05) is 38.5 Å². The van der Waals surface area contributed by atoms with E-state index in [0.29, 0.717) is 49.5 Å². The Morgan fingerprint density at radius 1 is 1.16 bits per heavy atom. The number of aldehydes is 1. The Balaban J connectivity index is 1.49. The molecule has 0 bridgehead atoms. The van der Waals surface area contributed by atoms with Crippen molar-refractivity contribution >= 4 is 35.5 Å². The van der Waals surface area contributed by atoms with Gasteiger partial charge >= 0.3 is 5.97 Å². The molecule has 9 heteroatoms. The second kappa shape index (κ2) is 16.7. The Labute approximate surface area is 262 Å². The summed E-state index contributed by atoms with van der Waals surface area (Å²) in [7, 11) is 0. The third-order valence-electron chi connectivity index (χ3n) is 8.53. The van der Waals surface area contributed by atoms with E-state index >= 15 is 0 Å². The zero-order valence-electron chi connectivity index (χ0n) is 26.2. The third kappa shape index (κ3) is 9.44. The number of halogens is 1. The summed E-state index contributed by atoms with van der Waals surface area (Å²) in [6.45, 7) is 18.8. The molecule has 1 aromatic carbocycles. The van der Waals surface area contributed by atoms with Gasteiger partial charge < -0.3 is 24.1 Å². The highest BCUT2D eigenvalue weighted by Gasteiger charge is 2.34. The molecule has 0 radical (unpaired) electrons. The average molecular weight is 614 g/mol. The minimum Gasteiger partial charge on any atom is -0.494 e. The fourth-order valence-electron chi connectivity index (χ4n) is 5.49. The number of hydrogen-bond donors (Lipinski definition) is 0. The van der Waals surface area contributed by atoms with E-state index in [2.05, 4.69) is 23.0 Å². The van der Waals surface area contributed by atoms with Crippen LogP contribution in [0.1, 0.15) is 71.3 Å². The van der Waals surface area contributed by atoms with Crippen LogP contribution in [0.25, 0.3) is 0 Å². The van der Waals surface area contributed by atoms with Crippen molar-refractivity contribution < 1.29 is 23.9 Å². The van der Waals surface area contributed by atoms with Crippen molar-refractivity contribution in [3.05, 3.63) is 59.3 Å². The number of carbonyl (C=O) groups excluding carboxylic acids is 3. The zero-order chi connectivity index (χ0) is 31.4. The summed E-state index contributed by atoms with van der Waals surface area (Å²) >= 11 is 6.48. The largest absolute Gasteiger partial charge is 0.494 e. The van der Waals surface area contributed by atoms with Gasteiger partial charge in [-0.2, -0.15) is 0 Å². The third-order valence-corrected chi connectivity index (χ3v) is 9.04. The first-order valence-corrected chi connectivity index (χ1v) is 15.8. The van der Waals surface area contributed by atoms with Gasteiger partial charge in [0.25, 0.3) is 0 Å². The van der Waals surface area contributed by atoms with Gasteiger partial charge in [-0.3, -0.25) is 14.5 Å². The Hall–Kier alpha value is -3.10. The maximum Gasteiger partial charge on any atom is 0.313 e. The van der Waals surface area contributed by atoms with Crippen molar-refractivity contribution in [3.63, 3.8) is 0 Å². The lowest BCUT2D eigenvalue weighted by Crippen LogP contribution is -2.40. The van der Waals surface area contributed by atoms with Crippen LogP contribution in [0, 0.1) is 5.41 Å². The number of hydrogen-bond acceptors (Lipinski definition) is 7. The summed E-state index contributed by atoms with van der Waals surface area (Å²) in [5, 5.41) is 0.682. The summed E-state index contributed by atoms with van der Waals surface area (Å²) in [6.07, 6.45) is 7.89. The van der Waals surface area contributed by atoms with E-state index in [-0.39, 0.29) is 12.6 Å². The molecule has 2 aliphatic rings. The van der Waals surface area contributed by atoms with E-state index in [1.165, 1.54) is 4.90 Å². The Morgan fingerprint density at radius 2 is 1.95 bits per heavy atom. The molecule has 0 aliphatic carbocycles. The second-order valence-corrected chi connectivity index (χ2v) is 12.1. The van der Waals surface area contributed by atoms with Crippen LogP contribution in [0.5, 0.6) is 5.75 Å². The summed E-state index contributed by atoms with van der Waals surface area (Å²) in [5.74, 6) is 0.212. The van der Waals surface area contributed by atoms with E-state index in [0.717, 1.165) is 80.8 Å². The lowest BCUT2D eigenvalue weighted by atomic mass is 9.83. The molecule has 1 amide bonds. The fourth-order valence-corrected chi connectivity index (χ4v) is 5.68. The molecule has 2 aliphatic heterocycles. The van der Waals surface area contributed by atoms with Crippen LogP contribution in [0.3, 0.4) is 0 Å². The molecule has 1 saturated heterocycles. The van der Waals surface area contributed by atoms with E-state index in [9.17, 15) is 14.4 Å². The minimum atomic E-state index is -0.760. The smallest absolute Gasteiger partial charge is 0.313 e. The number of esters is 1. The number of anilines is 1. The summed E-state index contributed by atoms with van der Waals surface area (Å²) < 4.78 is 11.7. The molecule has 1 fully saturated rings. The van der Waals surface area contributed by atoms with E-state index in [4.69, 9.17) is 21.1 Å². The van der Waals surface area contributed by atoms with Crippen LogP contribution in [0.4, 0.5) is 5.69 Å². The number of rotatable bonds is 16. The number of allylic oxidation sites excluding steroid dienone is 3. The summed E-state index contributed by atoms with van der Waals surface area (Å²) in [6, 6.07) is 5.80. The molecule has 1 atom stereocenters. The highest BCUT2D eigenvalue weighted by Crippen LogP contribution is 2.33. The van der Waals surface area contributed by atoms with E-state index in [1.54, 1.807) is 6.92 Å². The molecule has 0 spiro atoms. The molecular formula is C34H48ClN3O5. The van der Waals surface area contributed by atoms with Gasteiger partial charge in [0.05, 0.1) is 28.4 Å². The van der Waals surface area contributed by atoms with Crippen LogP contribution >= 0.6 is 11.6 Å². The quantitative estimate of drug-likeness (QED) is 0.0945. The van der Waals surface area contributed by atoms with E-state index in [1.807, 2.05) is 38.1 Å². The van der Waals surface area contributed by atoms with Crippen molar-refractivity contribution in [2.45, 2.75) is 72.1 Å². The maximum absolute atomic E-state index is 12.9. The monoisotopic (exact) mass is 613 g/mol. The standard InChI is InChI=1S/C34H48ClN3O5/c1-6-29(32(35)26(3)4)37-19-11-18-36(20-21-37)17-8-9-23-42-28-14-12-27-13-15-31(40)38(30(27)24-28)25-43-33(41)34(5,7-2)16-10-22-39/h6,12,14,22,24H,1,3,7-11,13,15-21,23,25H2,2,4-5H3/b32-29-. The van der Waals surface area contributed by atoms with Gasteiger partial charge in [0.15, 0.2) is 6.73 Å².